The second-order valence-electron chi connectivity index (χ2n) is 3.93. The molecule has 4 nitrogen and oxygen atoms in total. The van der Waals surface area contributed by atoms with Gasteiger partial charge in [0.15, 0.2) is 0 Å². The molecule has 0 radical (unpaired) electrons. The minimum atomic E-state index is -0.0743. The largest absolute Gasteiger partial charge is 0.319 e. The van der Waals surface area contributed by atoms with E-state index in [1.165, 1.54) is 12.4 Å². The van der Waals surface area contributed by atoms with E-state index in [0.29, 0.717) is 11.3 Å². The molecule has 4 heteroatoms. The Bertz CT molecular complexity index is 526. The lowest BCUT2D eigenvalue weighted by Crippen LogP contribution is -2.14. The maximum atomic E-state index is 12.3. The minimum absolute atomic E-state index is 0.0743. The molecule has 1 heterocycles. The third kappa shape index (κ3) is 2.78. The van der Waals surface area contributed by atoms with Crippen LogP contribution < -0.4 is 5.32 Å². The van der Waals surface area contributed by atoms with Gasteiger partial charge in [0, 0.05) is 18.0 Å². The van der Waals surface area contributed by atoms with Gasteiger partial charge in [-0.2, -0.15) is 0 Å². The quantitative estimate of drug-likeness (QED) is 0.805. The van der Waals surface area contributed by atoms with E-state index in [0.717, 1.165) is 18.5 Å². The van der Waals surface area contributed by atoms with Crippen LogP contribution in [0.1, 0.15) is 21.6 Å². The van der Waals surface area contributed by atoms with Crippen LogP contribution in [0.25, 0.3) is 0 Å². The van der Waals surface area contributed by atoms with Crippen molar-refractivity contribution in [3.05, 3.63) is 59.7 Å². The molecule has 0 unspecified atom stereocenters. The molecule has 1 N–H and O–H groups in total. The third-order valence-corrected chi connectivity index (χ3v) is 2.70. The molecule has 0 bridgehead atoms. The molecule has 0 aliphatic heterocycles. The summed E-state index contributed by atoms with van der Waals surface area (Å²) in [5, 5.41) is 3.08. The molecule has 0 fully saturated rings. The molecule has 1 aromatic heterocycles. The van der Waals surface area contributed by atoms with Crippen LogP contribution in [0.15, 0.2) is 42.9 Å². The summed E-state index contributed by atoms with van der Waals surface area (Å²) in [5.41, 5.74) is 2.12. The van der Waals surface area contributed by atoms with Crippen LogP contribution in [-0.4, -0.2) is 29.3 Å². The maximum Gasteiger partial charge on any atom is 0.213 e. The van der Waals surface area contributed by atoms with Gasteiger partial charge in [0.25, 0.3) is 0 Å². The lowest BCUT2D eigenvalue weighted by atomic mass is 9.99. The van der Waals surface area contributed by atoms with Crippen LogP contribution in [0.3, 0.4) is 0 Å². The van der Waals surface area contributed by atoms with E-state index >= 15 is 0 Å². The normalized spacial score (nSPS) is 10.3. The molecule has 0 aliphatic carbocycles. The van der Waals surface area contributed by atoms with Gasteiger partial charge in [0.05, 0.1) is 6.20 Å². The van der Waals surface area contributed by atoms with Crippen molar-refractivity contribution in [2.45, 2.75) is 6.42 Å². The zero-order valence-corrected chi connectivity index (χ0v) is 10.3. The number of nitrogens with zero attached hydrogens (tertiary/aromatic N) is 2. The summed E-state index contributed by atoms with van der Waals surface area (Å²) in [4.78, 5) is 20.3. The van der Waals surface area contributed by atoms with Crippen LogP contribution in [0.4, 0.5) is 0 Å². The summed E-state index contributed by atoms with van der Waals surface area (Å²) >= 11 is 0. The predicted octanol–water partition coefficient (Wildman–Crippen LogP) is 1.47. The first-order valence-corrected chi connectivity index (χ1v) is 5.86. The Morgan fingerprint density at radius 1 is 1.28 bits per heavy atom. The fraction of sp³-hybridized carbons (Fsp3) is 0.214. The number of hydrogen-bond acceptors (Lipinski definition) is 4. The molecular formula is C14H15N3O. The van der Waals surface area contributed by atoms with E-state index in [9.17, 15) is 4.79 Å². The molecule has 92 valence electrons. The Kier molecular flexibility index (Phi) is 4.15. The highest BCUT2D eigenvalue weighted by Crippen LogP contribution is 2.13. The highest BCUT2D eigenvalue weighted by atomic mass is 16.1. The van der Waals surface area contributed by atoms with E-state index in [-0.39, 0.29) is 5.78 Å². The molecular weight excluding hydrogens is 226 g/mol. The van der Waals surface area contributed by atoms with Gasteiger partial charge < -0.3 is 5.32 Å². The van der Waals surface area contributed by atoms with Gasteiger partial charge in [-0.05, 0) is 25.6 Å². The number of carbonyl (C=O) groups is 1. The lowest BCUT2D eigenvalue weighted by molar-refractivity contribution is 0.103. The van der Waals surface area contributed by atoms with Gasteiger partial charge in [0.1, 0.15) is 5.69 Å². The monoisotopic (exact) mass is 241 g/mol. The van der Waals surface area contributed by atoms with E-state index in [4.69, 9.17) is 0 Å². The summed E-state index contributed by atoms with van der Waals surface area (Å²) < 4.78 is 0. The molecule has 0 saturated heterocycles. The topological polar surface area (TPSA) is 54.9 Å². The van der Waals surface area contributed by atoms with Crippen LogP contribution in [0.2, 0.25) is 0 Å². The van der Waals surface area contributed by atoms with Crippen LogP contribution in [0, 0.1) is 0 Å². The molecule has 2 aromatic rings. The fourth-order valence-corrected chi connectivity index (χ4v) is 1.77. The summed E-state index contributed by atoms with van der Waals surface area (Å²) in [5.74, 6) is -0.0743. The number of ketones is 1. The fourth-order valence-electron chi connectivity index (χ4n) is 1.77. The molecule has 0 amide bonds. The van der Waals surface area contributed by atoms with Crippen molar-refractivity contribution in [1.82, 2.24) is 15.3 Å². The standard InChI is InChI=1S/C14H15N3O/c1-15-7-6-11-4-2-3-5-12(11)14(18)13-10-16-8-9-17-13/h2-5,8-10,15H,6-7H2,1H3. The van der Waals surface area contributed by atoms with E-state index in [2.05, 4.69) is 15.3 Å². The number of benzene rings is 1. The Morgan fingerprint density at radius 2 is 2.11 bits per heavy atom. The van der Waals surface area contributed by atoms with Gasteiger partial charge in [-0.25, -0.2) is 4.98 Å². The van der Waals surface area contributed by atoms with E-state index in [1.807, 2.05) is 31.3 Å². The number of aromatic nitrogens is 2. The van der Waals surface area contributed by atoms with Crippen LogP contribution in [-0.2, 0) is 6.42 Å². The number of nitrogens with one attached hydrogen (secondary N) is 1. The molecule has 0 spiro atoms. The summed E-state index contributed by atoms with van der Waals surface area (Å²) in [6, 6.07) is 7.62. The first kappa shape index (κ1) is 12.4. The van der Waals surface area contributed by atoms with Gasteiger partial charge in [-0.3, -0.25) is 9.78 Å². The minimum Gasteiger partial charge on any atom is -0.319 e. The smallest absolute Gasteiger partial charge is 0.213 e. The molecule has 2 rings (SSSR count). The second-order valence-corrected chi connectivity index (χ2v) is 3.93. The Morgan fingerprint density at radius 3 is 2.83 bits per heavy atom. The van der Waals surface area contributed by atoms with Crippen molar-refractivity contribution in [1.29, 1.82) is 0 Å². The molecule has 1 aromatic carbocycles. The van der Waals surface area contributed by atoms with Crippen LogP contribution in [0.5, 0.6) is 0 Å². The second kappa shape index (κ2) is 6.02. The van der Waals surface area contributed by atoms with Crippen molar-refractivity contribution < 1.29 is 4.79 Å². The molecule has 0 atom stereocenters. The van der Waals surface area contributed by atoms with Gasteiger partial charge >= 0.3 is 0 Å². The van der Waals surface area contributed by atoms with Crippen molar-refractivity contribution in [2.75, 3.05) is 13.6 Å². The number of carbonyl (C=O) groups excluding carboxylic acids is 1. The van der Waals surface area contributed by atoms with Crippen molar-refractivity contribution in [3.63, 3.8) is 0 Å². The van der Waals surface area contributed by atoms with Gasteiger partial charge in [0.2, 0.25) is 5.78 Å². The van der Waals surface area contributed by atoms with Gasteiger partial charge in [-0.15, -0.1) is 0 Å². The highest BCUT2D eigenvalue weighted by molar-refractivity contribution is 6.08. The maximum absolute atomic E-state index is 12.3. The van der Waals surface area contributed by atoms with E-state index < -0.39 is 0 Å². The number of hydrogen-bond donors (Lipinski definition) is 1. The SMILES string of the molecule is CNCCc1ccccc1C(=O)c1cnccn1. The highest BCUT2D eigenvalue weighted by Gasteiger charge is 2.13. The first-order chi connectivity index (χ1) is 8.83. The molecule has 0 aliphatic rings. The molecule has 0 saturated carbocycles. The third-order valence-electron chi connectivity index (χ3n) is 2.70. The van der Waals surface area contributed by atoms with Crippen LogP contribution >= 0.6 is 0 Å². The number of rotatable bonds is 5. The van der Waals surface area contributed by atoms with Crippen molar-refractivity contribution >= 4 is 5.78 Å². The Balaban J connectivity index is 2.30. The average Bonchev–Trinajstić information content (AvgIpc) is 2.45. The van der Waals surface area contributed by atoms with Gasteiger partial charge in [-0.1, -0.05) is 24.3 Å². The Labute approximate surface area is 106 Å². The molecule has 18 heavy (non-hydrogen) atoms. The lowest BCUT2D eigenvalue weighted by Gasteiger charge is -2.07. The predicted molar refractivity (Wildman–Crippen MR) is 69.5 cm³/mol. The summed E-state index contributed by atoms with van der Waals surface area (Å²) in [6.07, 6.45) is 5.41. The van der Waals surface area contributed by atoms with E-state index in [1.54, 1.807) is 6.20 Å². The number of likely N-dealkylation sites (N-methyl/N-ethyl adjacent to an activating group) is 1. The Hall–Kier alpha value is -2.07. The average molecular weight is 241 g/mol. The first-order valence-electron chi connectivity index (χ1n) is 5.86. The van der Waals surface area contributed by atoms with Crippen molar-refractivity contribution in [3.8, 4) is 0 Å². The van der Waals surface area contributed by atoms with Crippen molar-refractivity contribution in [2.24, 2.45) is 0 Å². The summed E-state index contributed by atoms with van der Waals surface area (Å²) in [7, 11) is 1.90. The zero-order valence-electron chi connectivity index (χ0n) is 10.3. The summed E-state index contributed by atoms with van der Waals surface area (Å²) in [6.45, 7) is 0.838. The zero-order chi connectivity index (χ0) is 12.8.